The van der Waals surface area contributed by atoms with Crippen LogP contribution in [0.3, 0.4) is 0 Å². The van der Waals surface area contributed by atoms with Crippen LogP contribution in [0.4, 0.5) is 17.1 Å². The van der Waals surface area contributed by atoms with Crippen LogP contribution in [0.5, 0.6) is 0 Å². The molecule has 12 aromatic rings. The third kappa shape index (κ3) is 6.87. The molecule has 0 atom stereocenters. The van der Waals surface area contributed by atoms with Crippen LogP contribution in [0, 0.1) is 0 Å². The molecule has 0 saturated carbocycles. The minimum atomic E-state index is -0.151. The largest absolute Gasteiger partial charge is 0.456 e. The molecule has 14 rings (SSSR count). The van der Waals surface area contributed by atoms with Crippen LogP contribution >= 0.6 is 0 Å². The second-order valence-electron chi connectivity index (χ2n) is 21.7. The first-order valence-corrected chi connectivity index (χ1v) is 26.4. The molecular weight excluding hydrogens is 909 g/mol. The maximum Gasteiger partial charge on any atom is 0.137 e. The van der Waals surface area contributed by atoms with Crippen molar-refractivity contribution in [1.82, 2.24) is 4.57 Å². The van der Waals surface area contributed by atoms with Crippen LogP contribution < -0.4 is 4.90 Å². The Balaban J connectivity index is 0.952. The zero-order valence-corrected chi connectivity index (χ0v) is 43.2. The van der Waals surface area contributed by atoms with Gasteiger partial charge in [-0.15, -0.1) is 0 Å². The number of hydrogen-bond acceptors (Lipinski definition) is 2. The first-order valence-electron chi connectivity index (χ1n) is 26.4. The fourth-order valence-electron chi connectivity index (χ4n) is 12.7. The second-order valence-corrected chi connectivity index (χ2v) is 21.7. The second kappa shape index (κ2) is 16.8. The third-order valence-corrected chi connectivity index (χ3v) is 16.8. The number of para-hydroxylation sites is 1. The van der Waals surface area contributed by atoms with E-state index in [4.69, 9.17) is 4.42 Å². The van der Waals surface area contributed by atoms with E-state index in [-0.39, 0.29) is 10.8 Å². The van der Waals surface area contributed by atoms with Gasteiger partial charge in [-0.3, -0.25) is 0 Å². The summed E-state index contributed by atoms with van der Waals surface area (Å²) in [5, 5.41) is 4.68. The standard InChI is InChI=1S/C72H56N2O/c1-7-19-55-45(2)71(3,4)64-44-67-61(43-59(55)64)60-41-49(32-37-65(60)74(67)54-39-50(46-20-10-8-11-21-46)38-51(40-54)47-22-12-9-13-23-47)48-30-33-52(34-31-48)73(66-27-18-29-69-70(66)58-25-15-17-28-68(58)75-69)53-35-36-57-56-24-14-16-26-62(56)72(5,6)63(57)42-53/h7-44H,1-6H3/b19-7-. The fraction of sp³-hybridized carbons (Fsp3) is 0.111. The summed E-state index contributed by atoms with van der Waals surface area (Å²) in [4.78, 5) is 2.43. The van der Waals surface area contributed by atoms with Gasteiger partial charge in [-0.2, -0.15) is 0 Å². The van der Waals surface area contributed by atoms with Gasteiger partial charge in [0.25, 0.3) is 0 Å². The van der Waals surface area contributed by atoms with Crippen molar-refractivity contribution in [2.24, 2.45) is 0 Å². The highest BCUT2D eigenvalue weighted by atomic mass is 16.3. The van der Waals surface area contributed by atoms with Crippen molar-refractivity contribution in [2.45, 2.75) is 52.4 Å². The van der Waals surface area contributed by atoms with Crippen molar-refractivity contribution in [1.29, 1.82) is 0 Å². The lowest BCUT2D eigenvalue weighted by Gasteiger charge is -2.28. The van der Waals surface area contributed by atoms with E-state index in [9.17, 15) is 0 Å². The number of benzene rings is 10. The molecule has 0 bridgehead atoms. The highest BCUT2D eigenvalue weighted by Gasteiger charge is 2.37. The summed E-state index contributed by atoms with van der Waals surface area (Å²) >= 11 is 0. The Kier molecular flexibility index (Phi) is 10.0. The summed E-state index contributed by atoms with van der Waals surface area (Å²) in [7, 11) is 0. The summed E-state index contributed by atoms with van der Waals surface area (Å²) in [6.07, 6.45) is 4.49. The summed E-state index contributed by atoms with van der Waals surface area (Å²) in [5.74, 6) is 0. The van der Waals surface area contributed by atoms with Crippen LogP contribution in [0.1, 0.15) is 63.8 Å². The summed E-state index contributed by atoms with van der Waals surface area (Å²) in [6.45, 7) is 13.9. The molecule has 3 nitrogen and oxygen atoms in total. The predicted molar refractivity (Wildman–Crippen MR) is 317 cm³/mol. The van der Waals surface area contributed by atoms with Crippen LogP contribution in [-0.4, -0.2) is 4.57 Å². The minimum absolute atomic E-state index is 0.126. The Labute approximate surface area is 439 Å². The summed E-state index contributed by atoms with van der Waals surface area (Å²) < 4.78 is 9.03. The van der Waals surface area contributed by atoms with Gasteiger partial charge in [0.2, 0.25) is 0 Å². The van der Waals surface area contributed by atoms with E-state index in [1.165, 1.54) is 94.2 Å². The van der Waals surface area contributed by atoms with Gasteiger partial charge in [0.1, 0.15) is 11.2 Å². The van der Waals surface area contributed by atoms with E-state index >= 15 is 0 Å². The van der Waals surface area contributed by atoms with Crippen molar-refractivity contribution in [2.75, 3.05) is 4.90 Å². The van der Waals surface area contributed by atoms with Gasteiger partial charge in [0.15, 0.2) is 0 Å². The molecule has 2 aliphatic rings. The van der Waals surface area contributed by atoms with E-state index < -0.39 is 0 Å². The highest BCUT2D eigenvalue weighted by Crippen LogP contribution is 2.53. The average Bonchev–Trinajstić information content (AvgIpc) is 4.16. The van der Waals surface area contributed by atoms with E-state index in [2.05, 4.69) is 275 Å². The van der Waals surface area contributed by atoms with Crippen LogP contribution in [0.25, 0.3) is 99.5 Å². The van der Waals surface area contributed by atoms with Gasteiger partial charge in [-0.1, -0.05) is 179 Å². The maximum absolute atomic E-state index is 6.51. The summed E-state index contributed by atoms with van der Waals surface area (Å²) in [6, 6.07) is 80.7. The highest BCUT2D eigenvalue weighted by molar-refractivity contribution is 6.14. The van der Waals surface area contributed by atoms with Crippen molar-refractivity contribution in [3.63, 3.8) is 0 Å². The Morgan fingerprint density at radius 2 is 1.04 bits per heavy atom. The number of fused-ring (bicyclic) bond motifs is 10. The molecule has 360 valence electrons. The van der Waals surface area contributed by atoms with E-state index in [0.717, 1.165) is 50.3 Å². The number of nitrogens with zero attached hydrogens (tertiary/aromatic N) is 2. The van der Waals surface area contributed by atoms with E-state index in [1.54, 1.807) is 0 Å². The number of aromatic nitrogens is 1. The number of rotatable bonds is 8. The SMILES string of the molecule is C/C=C\C1=C(C)C(C)(C)c2cc3c(cc21)c1cc(-c2ccc(N(c4ccc5c(c4)C(C)(C)c4ccccc4-5)c4cccc5oc6ccccc6c45)cc2)ccc1n3-c1cc(-c2ccccc2)cc(-c2ccccc2)c1. The van der Waals surface area contributed by atoms with Gasteiger partial charge in [0.05, 0.1) is 22.1 Å². The molecule has 75 heavy (non-hydrogen) atoms. The van der Waals surface area contributed by atoms with Crippen molar-refractivity contribution < 1.29 is 4.42 Å². The van der Waals surface area contributed by atoms with Gasteiger partial charge in [-0.25, -0.2) is 0 Å². The molecule has 0 spiro atoms. The first kappa shape index (κ1) is 44.8. The quantitative estimate of drug-likeness (QED) is 0.151. The van der Waals surface area contributed by atoms with E-state index in [1.807, 2.05) is 6.07 Å². The number of furan rings is 1. The van der Waals surface area contributed by atoms with E-state index in [0.29, 0.717) is 0 Å². The van der Waals surface area contributed by atoms with Crippen molar-refractivity contribution in [3.05, 3.63) is 258 Å². The van der Waals surface area contributed by atoms with Gasteiger partial charge < -0.3 is 13.9 Å². The first-order chi connectivity index (χ1) is 36.6. The molecular formula is C72H56N2O. The Hall–Kier alpha value is -8.92. The molecule has 0 N–H and O–H groups in total. The molecule has 0 unspecified atom stereocenters. The third-order valence-electron chi connectivity index (χ3n) is 16.8. The lowest BCUT2D eigenvalue weighted by Crippen LogP contribution is -2.16. The van der Waals surface area contributed by atoms with Gasteiger partial charge in [-0.05, 0) is 171 Å². The van der Waals surface area contributed by atoms with Crippen LogP contribution in [0.15, 0.2) is 241 Å². The molecule has 0 aliphatic heterocycles. The monoisotopic (exact) mass is 964 g/mol. The average molecular weight is 965 g/mol. The number of allylic oxidation sites excluding steroid dienone is 4. The molecule has 2 aliphatic carbocycles. The minimum Gasteiger partial charge on any atom is -0.456 e. The van der Waals surface area contributed by atoms with Gasteiger partial charge >= 0.3 is 0 Å². The maximum atomic E-state index is 6.51. The molecule has 2 aromatic heterocycles. The molecule has 3 heteroatoms. The van der Waals surface area contributed by atoms with Crippen molar-refractivity contribution >= 4 is 66.4 Å². The predicted octanol–water partition coefficient (Wildman–Crippen LogP) is 20.1. The normalized spacial score (nSPS) is 14.4. The Morgan fingerprint density at radius 3 is 1.79 bits per heavy atom. The summed E-state index contributed by atoms with van der Waals surface area (Å²) in [5.41, 5.74) is 26.1. The zero-order valence-electron chi connectivity index (χ0n) is 43.2. The van der Waals surface area contributed by atoms with Crippen molar-refractivity contribution in [3.8, 4) is 50.2 Å². The Morgan fingerprint density at radius 1 is 0.427 bits per heavy atom. The fourth-order valence-corrected chi connectivity index (χ4v) is 12.7. The topological polar surface area (TPSA) is 21.3 Å². The smallest absolute Gasteiger partial charge is 0.137 e. The zero-order chi connectivity index (χ0) is 50.7. The van der Waals surface area contributed by atoms with Crippen LogP contribution in [-0.2, 0) is 10.8 Å². The molecule has 0 fully saturated rings. The molecule has 0 saturated heterocycles. The lowest BCUT2D eigenvalue weighted by molar-refractivity contribution is 0.640. The molecule has 10 aromatic carbocycles. The molecule has 0 amide bonds. The molecule has 2 heterocycles. The van der Waals surface area contributed by atoms with Gasteiger partial charge in [0, 0.05) is 44.1 Å². The van der Waals surface area contributed by atoms with Crippen LogP contribution in [0.2, 0.25) is 0 Å². The Bertz CT molecular complexity index is 4290. The number of hydrogen-bond donors (Lipinski definition) is 0. The number of anilines is 3. The molecule has 0 radical (unpaired) electrons. The lowest BCUT2D eigenvalue weighted by atomic mass is 9.81.